The third-order valence-corrected chi connectivity index (χ3v) is 4.54. The first kappa shape index (κ1) is 22.9. The van der Waals surface area contributed by atoms with Crippen LogP contribution in [-0.2, 0) is 11.3 Å². The van der Waals surface area contributed by atoms with E-state index in [1.165, 1.54) is 12.1 Å². The number of anilines is 1. The van der Waals surface area contributed by atoms with Gasteiger partial charge < -0.3 is 21.3 Å². The van der Waals surface area contributed by atoms with Crippen molar-refractivity contribution in [3.63, 3.8) is 0 Å². The summed E-state index contributed by atoms with van der Waals surface area (Å²) in [5.74, 6) is -0.898. The van der Waals surface area contributed by atoms with Crippen molar-refractivity contribution in [1.29, 1.82) is 0 Å². The van der Waals surface area contributed by atoms with Gasteiger partial charge in [0.25, 0.3) is 5.91 Å². The number of hydrogen-bond donors (Lipinski definition) is 4. The van der Waals surface area contributed by atoms with Gasteiger partial charge in [-0.25, -0.2) is 9.18 Å². The molecule has 2 aromatic carbocycles. The van der Waals surface area contributed by atoms with Crippen LogP contribution in [0.25, 0.3) is 0 Å². The molecule has 4 N–H and O–H groups in total. The molecule has 0 saturated carbocycles. The molecule has 0 bridgehead atoms. The normalized spacial score (nSPS) is 11.3. The van der Waals surface area contributed by atoms with Crippen molar-refractivity contribution in [2.45, 2.75) is 39.3 Å². The van der Waals surface area contributed by atoms with Gasteiger partial charge in [0.2, 0.25) is 5.91 Å². The molecule has 0 aliphatic carbocycles. The summed E-state index contributed by atoms with van der Waals surface area (Å²) in [7, 11) is 1.55. The Morgan fingerprint density at radius 2 is 1.77 bits per heavy atom. The van der Waals surface area contributed by atoms with Gasteiger partial charge in [-0.1, -0.05) is 25.5 Å². The molecule has 160 valence electrons. The number of halogens is 1. The number of amides is 4. The highest BCUT2D eigenvalue weighted by molar-refractivity contribution is 5.99. The second-order valence-electron chi connectivity index (χ2n) is 6.89. The van der Waals surface area contributed by atoms with Crippen LogP contribution in [0.4, 0.5) is 14.9 Å². The quantitative estimate of drug-likeness (QED) is 0.534. The molecule has 0 radical (unpaired) electrons. The monoisotopic (exact) mass is 414 g/mol. The van der Waals surface area contributed by atoms with E-state index in [9.17, 15) is 18.8 Å². The zero-order chi connectivity index (χ0) is 22.1. The van der Waals surface area contributed by atoms with Gasteiger partial charge in [-0.05, 0) is 54.8 Å². The third-order valence-electron chi connectivity index (χ3n) is 4.54. The molecule has 0 saturated heterocycles. The second kappa shape index (κ2) is 10.9. The molecule has 0 heterocycles. The SMILES string of the molecule is CCCC(NC(=O)NCc1ccc(F)cc1)C(=O)Nc1ccc(C(=O)NC)cc1C. The van der Waals surface area contributed by atoms with E-state index in [4.69, 9.17) is 0 Å². The molecule has 1 unspecified atom stereocenters. The van der Waals surface area contributed by atoms with Gasteiger partial charge >= 0.3 is 6.03 Å². The van der Waals surface area contributed by atoms with E-state index in [2.05, 4.69) is 21.3 Å². The van der Waals surface area contributed by atoms with E-state index in [1.807, 2.05) is 6.92 Å². The van der Waals surface area contributed by atoms with Crippen LogP contribution in [0.5, 0.6) is 0 Å². The van der Waals surface area contributed by atoms with Gasteiger partial charge in [0, 0.05) is 24.8 Å². The fourth-order valence-corrected chi connectivity index (χ4v) is 2.86. The molecule has 0 fully saturated rings. The number of nitrogens with one attached hydrogen (secondary N) is 4. The Kier molecular flexibility index (Phi) is 8.34. The van der Waals surface area contributed by atoms with Crippen molar-refractivity contribution in [2.24, 2.45) is 0 Å². The number of urea groups is 1. The molecule has 0 spiro atoms. The number of carbonyl (C=O) groups is 3. The van der Waals surface area contributed by atoms with Crippen LogP contribution in [0.15, 0.2) is 42.5 Å². The van der Waals surface area contributed by atoms with Crippen LogP contribution in [-0.4, -0.2) is 30.9 Å². The molecule has 2 aromatic rings. The van der Waals surface area contributed by atoms with Crippen molar-refractivity contribution >= 4 is 23.5 Å². The van der Waals surface area contributed by atoms with Crippen LogP contribution in [0.1, 0.15) is 41.3 Å². The van der Waals surface area contributed by atoms with Gasteiger partial charge in [0.1, 0.15) is 11.9 Å². The maximum atomic E-state index is 13.0. The van der Waals surface area contributed by atoms with Gasteiger partial charge in [0.15, 0.2) is 0 Å². The average Bonchev–Trinajstić information content (AvgIpc) is 2.73. The summed E-state index contributed by atoms with van der Waals surface area (Å²) < 4.78 is 13.0. The second-order valence-corrected chi connectivity index (χ2v) is 6.89. The molecule has 0 aliphatic rings. The first-order valence-electron chi connectivity index (χ1n) is 9.76. The molecule has 30 heavy (non-hydrogen) atoms. The molecular formula is C22H27FN4O3. The highest BCUT2D eigenvalue weighted by atomic mass is 19.1. The fraction of sp³-hybridized carbons (Fsp3) is 0.318. The van der Waals surface area contributed by atoms with E-state index >= 15 is 0 Å². The minimum absolute atomic E-state index is 0.209. The number of rotatable bonds is 8. The molecule has 1 atom stereocenters. The predicted octanol–water partition coefficient (Wildman–Crippen LogP) is 3.10. The Balaban J connectivity index is 1.97. The Bertz CT molecular complexity index is 900. The Hall–Kier alpha value is -3.42. The highest BCUT2D eigenvalue weighted by Crippen LogP contribution is 2.17. The third kappa shape index (κ3) is 6.58. The summed E-state index contributed by atoms with van der Waals surface area (Å²) in [6.07, 6.45) is 1.16. The fourth-order valence-electron chi connectivity index (χ4n) is 2.86. The van der Waals surface area contributed by atoms with Crippen molar-refractivity contribution in [1.82, 2.24) is 16.0 Å². The van der Waals surface area contributed by atoms with Crippen LogP contribution in [0.3, 0.4) is 0 Å². The maximum Gasteiger partial charge on any atom is 0.315 e. The summed E-state index contributed by atoms with van der Waals surface area (Å²) in [5.41, 5.74) is 2.55. The lowest BCUT2D eigenvalue weighted by molar-refractivity contribution is -0.118. The number of aryl methyl sites for hydroxylation is 1. The smallest absolute Gasteiger partial charge is 0.315 e. The van der Waals surface area contributed by atoms with E-state index in [1.54, 1.807) is 44.3 Å². The van der Waals surface area contributed by atoms with Gasteiger partial charge in [-0.2, -0.15) is 0 Å². The van der Waals surface area contributed by atoms with E-state index < -0.39 is 12.1 Å². The maximum absolute atomic E-state index is 13.0. The number of hydrogen-bond acceptors (Lipinski definition) is 3. The molecule has 0 aliphatic heterocycles. The lowest BCUT2D eigenvalue weighted by atomic mass is 10.1. The average molecular weight is 414 g/mol. The predicted molar refractivity (Wildman–Crippen MR) is 114 cm³/mol. The first-order chi connectivity index (χ1) is 14.3. The number of benzene rings is 2. The Morgan fingerprint density at radius 3 is 2.37 bits per heavy atom. The molecule has 4 amide bonds. The lowest BCUT2D eigenvalue weighted by Crippen LogP contribution is -2.47. The Labute approximate surface area is 175 Å². The minimum Gasteiger partial charge on any atom is -0.355 e. The van der Waals surface area contributed by atoms with Crippen molar-refractivity contribution in [3.05, 3.63) is 65.0 Å². The minimum atomic E-state index is -0.721. The summed E-state index contributed by atoms with van der Waals surface area (Å²) in [4.78, 5) is 36.6. The first-order valence-corrected chi connectivity index (χ1v) is 9.76. The largest absolute Gasteiger partial charge is 0.355 e. The molecule has 0 aromatic heterocycles. The number of carbonyl (C=O) groups excluding carboxylic acids is 3. The van der Waals surface area contributed by atoms with E-state index in [-0.39, 0.29) is 24.2 Å². The molecular weight excluding hydrogens is 387 g/mol. The van der Waals surface area contributed by atoms with Crippen LogP contribution in [0.2, 0.25) is 0 Å². The zero-order valence-electron chi connectivity index (χ0n) is 17.3. The van der Waals surface area contributed by atoms with Crippen molar-refractivity contribution in [2.75, 3.05) is 12.4 Å². The molecule has 2 rings (SSSR count). The topological polar surface area (TPSA) is 99.3 Å². The van der Waals surface area contributed by atoms with Gasteiger partial charge in [-0.15, -0.1) is 0 Å². The van der Waals surface area contributed by atoms with Crippen LogP contribution in [0, 0.1) is 12.7 Å². The summed E-state index contributed by atoms with van der Waals surface area (Å²) in [6.45, 7) is 3.92. The van der Waals surface area contributed by atoms with Crippen molar-refractivity contribution in [3.8, 4) is 0 Å². The van der Waals surface area contributed by atoms with E-state index in [0.717, 1.165) is 11.1 Å². The summed E-state index contributed by atoms with van der Waals surface area (Å²) in [5, 5.41) is 10.7. The van der Waals surface area contributed by atoms with Crippen molar-refractivity contribution < 1.29 is 18.8 Å². The standard InChI is InChI=1S/C22H27FN4O3/c1-4-5-19(27-22(30)25-13-15-6-9-17(23)10-7-15)21(29)26-18-11-8-16(12-14(18)2)20(28)24-3/h6-12,19H,4-5,13H2,1-3H3,(H,24,28)(H,26,29)(H2,25,27,30). The molecule has 8 heteroatoms. The highest BCUT2D eigenvalue weighted by Gasteiger charge is 2.20. The van der Waals surface area contributed by atoms with Crippen LogP contribution >= 0.6 is 0 Å². The summed E-state index contributed by atoms with van der Waals surface area (Å²) >= 11 is 0. The van der Waals surface area contributed by atoms with Crippen LogP contribution < -0.4 is 21.3 Å². The summed E-state index contributed by atoms with van der Waals surface area (Å²) in [6, 6.07) is 9.57. The zero-order valence-corrected chi connectivity index (χ0v) is 17.3. The van der Waals surface area contributed by atoms with E-state index in [0.29, 0.717) is 24.1 Å². The Morgan fingerprint density at radius 1 is 1.07 bits per heavy atom. The van der Waals surface area contributed by atoms with Gasteiger partial charge in [0.05, 0.1) is 0 Å². The lowest BCUT2D eigenvalue weighted by Gasteiger charge is -2.19. The van der Waals surface area contributed by atoms with Gasteiger partial charge in [-0.3, -0.25) is 9.59 Å². The molecule has 7 nitrogen and oxygen atoms in total.